The third-order valence-corrected chi connectivity index (χ3v) is 3.53. The fourth-order valence-electron chi connectivity index (χ4n) is 1.56. The lowest BCUT2D eigenvalue weighted by atomic mass is 10.2. The normalized spacial score (nSPS) is 10.1. The quantitative estimate of drug-likeness (QED) is 0.918. The van der Waals surface area contributed by atoms with Crippen molar-refractivity contribution in [1.29, 1.82) is 5.26 Å². The van der Waals surface area contributed by atoms with E-state index in [1.165, 1.54) is 6.07 Å². The molecule has 0 spiro atoms. The molecule has 0 radical (unpaired) electrons. The molecule has 0 bridgehead atoms. The summed E-state index contributed by atoms with van der Waals surface area (Å²) >= 11 is 1.61. The number of halogens is 1. The highest BCUT2D eigenvalue weighted by Crippen LogP contribution is 2.19. The van der Waals surface area contributed by atoms with Crippen molar-refractivity contribution in [3.8, 4) is 6.07 Å². The predicted molar refractivity (Wildman–Crippen MR) is 69.9 cm³/mol. The summed E-state index contributed by atoms with van der Waals surface area (Å²) in [6, 6.07) is 6.41. The second-order valence-corrected chi connectivity index (χ2v) is 4.66. The van der Waals surface area contributed by atoms with Gasteiger partial charge in [-0.15, -0.1) is 11.3 Å². The molecule has 0 aliphatic carbocycles. The summed E-state index contributed by atoms with van der Waals surface area (Å²) in [6.07, 6.45) is 0.911. The highest BCUT2D eigenvalue weighted by molar-refractivity contribution is 7.09. The van der Waals surface area contributed by atoms with Gasteiger partial charge in [-0.2, -0.15) is 5.26 Å². The number of aryl methyl sites for hydroxylation is 1. The zero-order chi connectivity index (χ0) is 13.0. The van der Waals surface area contributed by atoms with Gasteiger partial charge < -0.3 is 5.32 Å². The van der Waals surface area contributed by atoms with Gasteiger partial charge in [0.25, 0.3) is 0 Å². The van der Waals surface area contributed by atoms with Gasteiger partial charge in [0, 0.05) is 5.38 Å². The van der Waals surface area contributed by atoms with E-state index >= 15 is 0 Å². The summed E-state index contributed by atoms with van der Waals surface area (Å²) in [4.78, 5) is 4.40. The van der Waals surface area contributed by atoms with Crippen LogP contribution in [0.4, 0.5) is 10.1 Å². The molecule has 0 saturated carbocycles. The van der Waals surface area contributed by atoms with E-state index in [1.807, 2.05) is 11.4 Å². The smallest absolute Gasteiger partial charge is 0.143 e. The van der Waals surface area contributed by atoms with E-state index in [2.05, 4.69) is 17.2 Å². The van der Waals surface area contributed by atoms with Gasteiger partial charge in [-0.25, -0.2) is 9.37 Å². The number of benzene rings is 1. The number of hydrogen-bond acceptors (Lipinski definition) is 4. The maximum Gasteiger partial charge on any atom is 0.143 e. The number of rotatable bonds is 4. The first-order valence-electron chi connectivity index (χ1n) is 5.60. The Morgan fingerprint density at radius 2 is 2.33 bits per heavy atom. The average Bonchev–Trinajstić information content (AvgIpc) is 2.84. The largest absolute Gasteiger partial charge is 0.378 e. The molecule has 0 aliphatic rings. The minimum atomic E-state index is -0.505. The summed E-state index contributed by atoms with van der Waals surface area (Å²) in [5.41, 5.74) is 1.46. The molecule has 0 amide bonds. The second-order valence-electron chi connectivity index (χ2n) is 3.71. The molecule has 92 valence electrons. The van der Waals surface area contributed by atoms with Crippen LogP contribution in [0.1, 0.15) is 23.2 Å². The van der Waals surface area contributed by atoms with Crippen LogP contribution < -0.4 is 5.32 Å². The van der Waals surface area contributed by atoms with Gasteiger partial charge in [-0.05, 0) is 18.6 Å². The summed E-state index contributed by atoms with van der Waals surface area (Å²) in [6.45, 7) is 2.55. The SMILES string of the molecule is CCc1nc(CNc2cccc(F)c2C#N)cs1. The maximum absolute atomic E-state index is 13.4. The van der Waals surface area contributed by atoms with Crippen LogP contribution in [-0.2, 0) is 13.0 Å². The molecule has 0 aliphatic heterocycles. The molecule has 2 aromatic rings. The first kappa shape index (κ1) is 12.5. The van der Waals surface area contributed by atoms with Crippen LogP contribution in [0.25, 0.3) is 0 Å². The van der Waals surface area contributed by atoms with Crippen LogP contribution >= 0.6 is 11.3 Å². The second kappa shape index (κ2) is 5.61. The van der Waals surface area contributed by atoms with E-state index in [1.54, 1.807) is 23.5 Å². The van der Waals surface area contributed by atoms with Crippen LogP contribution in [0, 0.1) is 17.1 Å². The van der Waals surface area contributed by atoms with E-state index < -0.39 is 5.82 Å². The van der Waals surface area contributed by atoms with Crippen LogP contribution in [0.3, 0.4) is 0 Å². The van der Waals surface area contributed by atoms with E-state index in [9.17, 15) is 4.39 Å². The Hall–Kier alpha value is -1.93. The van der Waals surface area contributed by atoms with Crippen molar-refractivity contribution in [1.82, 2.24) is 4.98 Å². The number of aromatic nitrogens is 1. The number of nitrogens with one attached hydrogen (secondary N) is 1. The Morgan fingerprint density at radius 3 is 3.00 bits per heavy atom. The van der Waals surface area contributed by atoms with Gasteiger partial charge in [0.15, 0.2) is 0 Å². The number of hydrogen-bond donors (Lipinski definition) is 1. The molecule has 0 saturated heterocycles. The molecule has 3 nitrogen and oxygen atoms in total. The average molecular weight is 261 g/mol. The zero-order valence-corrected chi connectivity index (χ0v) is 10.7. The minimum absolute atomic E-state index is 0.0449. The molecule has 1 aromatic heterocycles. The molecule has 0 fully saturated rings. The molecule has 0 unspecified atom stereocenters. The lowest BCUT2D eigenvalue weighted by molar-refractivity contribution is 0.624. The van der Waals surface area contributed by atoms with Crippen molar-refractivity contribution < 1.29 is 4.39 Å². The summed E-state index contributed by atoms with van der Waals surface area (Å²) in [5.74, 6) is -0.505. The minimum Gasteiger partial charge on any atom is -0.378 e. The van der Waals surface area contributed by atoms with Gasteiger partial charge in [0.2, 0.25) is 0 Å². The molecule has 1 aromatic carbocycles. The van der Waals surface area contributed by atoms with Crippen molar-refractivity contribution in [3.05, 3.63) is 45.7 Å². The van der Waals surface area contributed by atoms with Crippen LogP contribution in [-0.4, -0.2) is 4.98 Å². The Labute approximate surface area is 109 Å². The Balaban J connectivity index is 2.11. The van der Waals surface area contributed by atoms with Crippen molar-refractivity contribution in [2.45, 2.75) is 19.9 Å². The maximum atomic E-state index is 13.4. The third-order valence-electron chi connectivity index (χ3n) is 2.49. The van der Waals surface area contributed by atoms with Crippen LogP contribution in [0.5, 0.6) is 0 Å². The van der Waals surface area contributed by atoms with E-state index in [4.69, 9.17) is 5.26 Å². The molecule has 1 N–H and O–H groups in total. The fraction of sp³-hybridized carbons (Fsp3) is 0.231. The van der Waals surface area contributed by atoms with E-state index in [0.29, 0.717) is 12.2 Å². The molecule has 18 heavy (non-hydrogen) atoms. The number of thiazole rings is 1. The lowest BCUT2D eigenvalue weighted by Gasteiger charge is -2.06. The van der Waals surface area contributed by atoms with Crippen molar-refractivity contribution in [2.75, 3.05) is 5.32 Å². The standard InChI is InChI=1S/C13H12FN3S/c1-2-13-17-9(8-18-13)7-16-12-5-3-4-11(14)10(12)6-15/h3-5,8,16H,2,7H2,1H3. The van der Waals surface area contributed by atoms with Crippen molar-refractivity contribution in [2.24, 2.45) is 0 Å². The van der Waals surface area contributed by atoms with Gasteiger partial charge in [-0.1, -0.05) is 13.0 Å². The lowest BCUT2D eigenvalue weighted by Crippen LogP contribution is -2.03. The topological polar surface area (TPSA) is 48.7 Å². The molecule has 2 rings (SSSR count). The van der Waals surface area contributed by atoms with Crippen molar-refractivity contribution in [3.63, 3.8) is 0 Å². The predicted octanol–water partition coefficient (Wildman–Crippen LogP) is 3.33. The summed E-state index contributed by atoms with van der Waals surface area (Å²) in [7, 11) is 0. The number of nitriles is 1. The van der Waals surface area contributed by atoms with E-state index in [0.717, 1.165) is 17.1 Å². The molecule has 5 heteroatoms. The summed E-state index contributed by atoms with van der Waals surface area (Å²) in [5, 5.41) is 15.0. The number of nitrogens with zero attached hydrogens (tertiary/aromatic N) is 2. The molecule has 0 atom stereocenters. The molecule has 1 heterocycles. The molecular weight excluding hydrogens is 249 g/mol. The Bertz CT molecular complexity index is 586. The van der Waals surface area contributed by atoms with Crippen LogP contribution in [0.15, 0.2) is 23.6 Å². The van der Waals surface area contributed by atoms with Gasteiger partial charge in [0.1, 0.15) is 17.4 Å². The fourth-order valence-corrected chi connectivity index (χ4v) is 2.31. The van der Waals surface area contributed by atoms with Crippen LogP contribution in [0.2, 0.25) is 0 Å². The summed E-state index contributed by atoms with van der Waals surface area (Å²) < 4.78 is 13.4. The first-order chi connectivity index (χ1) is 8.74. The third kappa shape index (κ3) is 2.66. The monoisotopic (exact) mass is 261 g/mol. The highest BCUT2D eigenvalue weighted by atomic mass is 32.1. The highest BCUT2D eigenvalue weighted by Gasteiger charge is 2.07. The van der Waals surface area contributed by atoms with Crippen molar-refractivity contribution >= 4 is 17.0 Å². The Morgan fingerprint density at radius 1 is 1.50 bits per heavy atom. The Kier molecular flexibility index (Phi) is 3.90. The van der Waals surface area contributed by atoms with Gasteiger partial charge in [0.05, 0.1) is 22.9 Å². The van der Waals surface area contributed by atoms with E-state index in [-0.39, 0.29) is 5.56 Å². The van der Waals surface area contributed by atoms with Gasteiger partial charge >= 0.3 is 0 Å². The molecular formula is C13H12FN3S. The zero-order valence-electron chi connectivity index (χ0n) is 9.90. The number of anilines is 1. The van der Waals surface area contributed by atoms with Gasteiger partial charge in [-0.3, -0.25) is 0 Å². The first-order valence-corrected chi connectivity index (χ1v) is 6.48.